The molecule has 0 aliphatic heterocycles. The molecule has 0 heterocycles. The number of carbonyl (C=O) groups excluding carboxylic acids is 2. The van der Waals surface area contributed by atoms with Gasteiger partial charge in [-0.05, 0) is 36.1 Å². The van der Waals surface area contributed by atoms with E-state index in [1.54, 1.807) is 0 Å². The molecule has 0 spiro atoms. The van der Waals surface area contributed by atoms with Crippen LogP contribution in [0.25, 0.3) is 0 Å². The summed E-state index contributed by atoms with van der Waals surface area (Å²) in [6, 6.07) is 2.94. The second kappa shape index (κ2) is 6.56. The van der Waals surface area contributed by atoms with E-state index in [4.69, 9.17) is 0 Å². The first-order chi connectivity index (χ1) is 9.96. The Balaban J connectivity index is 1.83. The standard InChI is InChI=1S/C15H16F2O3S/c1-20-14(19)7-15(4-5-15)9-21-8-13(18)11-3-2-10(16)6-12(11)17/h2-3,6H,4-5,7-9H2,1H3. The second-order valence-electron chi connectivity index (χ2n) is 5.29. The highest BCUT2D eigenvalue weighted by atomic mass is 32.2. The average Bonchev–Trinajstić information content (AvgIpc) is 3.18. The number of halogens is 2. The molecule has 21 heavy (non-hydrogen) atoms. The number of benzene rings is 1. The molecule has 0 saturated heterocycles. The van der Waals surface area contributed by atoms with Crippen molar-refractivity contribution in [3.63, 3.8) is 0 Å². The van der Waals surface area contributed by atoms with E-state index in [1.165, 1.54) is 18.9 Å². The van der Waals surface area contributed by atoms with Crippen molar-refractivity contribution in [2.24, 2.45) is 5.41 Å². The zero-order valence-corrected chi connectivity index (χ0v) is 12.5. The van der Waals surface area contributed by atoms with Crippen molar-refractivity contribution in [3.05, 3.63) is 35.4 Å². The minimum absolute atomic E-state index is 0.0701. The topological polar surface area (TPSA) is 43.4 Å². The number of thioether (sulfide) groups is 1. The largest absolute Gasteiger partial charge is 0.469 e. The van der Waals surface area contributed by atoms with Gasteiger partial charge in [-0.2, -0.15) is 11.8 Å². The molecule has 1 aliphatic carbocycles. The van der Waals surface area contributed by atoms with Crippen LogP contribution in [-0.2, 0) is 9.53 Å². The molecule has 1 saturated carbocycles. The number of ketones is 1. The zero-order valence-electron chi connectivity index (χ0n) is 11.7. The first-order valence-corrected chi connectivity index (χ1v) is 7.74. The minimum atomic E-state index is -0.837. The van der Waals surface area contributed by atoms with Crippen LogP contribution in [0.2, 0.25) is 0 Å². The third kappa shape index (κ3) is 4.27. The lowest BCUT2D eigenvalue weighted by molar-refractivity contribution is -0.141. The van der Waals surface area contributed by atoms with Crippen molar-refractivity contribution in [1.29, 1.82) is 0 Å². The lowest BCUT2D eigenvalue weighted by Crippen LogP contribution is -2.14. The quantitative estimate of drug-likeness (QED) is 0.572. The van der Waals surface area contributed by atoms with E-state index >= 15 is 0 Å². The van der Waals surface area contributed by atoms with Crippen LogP contribution in [0.1, 0.15) is 29.6 Å². The molecule has 3 nitrogen and oxygen atoms in total. The lowest BCUT2D eigenvalue weighted by Gasteiger charge is -2.12. The van der Waals surface area contributed by atoms with Crippen LogP contribution in [0.3, 0.4) is 0 Å². The Bertz CT molecular complexity index is 556. The number of ether oxygens (including phenoxy) is 1. The normalized spacial score (nSPS) is 15.6. The van der Waals surface area contributed by atoms with Crippen LogP contribution in [0.5, 0.6) is 0 Å². The molecular formula is C15H16F2O3S. The Morgan fingerprint density at radius 1 is 1.33 bits per heavy atom. The van der Waals surface area contributed by atoms with Gasteiger partial charge in [-0.15, -0.1) is 0 Å². The summed E-state index contributed by atoms with van der Waals surface area (Å²) in [5, 5.41) is 0. The highest BCUT2D eigenvalue weighted by molar-refractivity contribution is 8.00. The van der Waals surface area contributed by atoms with Crippen molar-refractivity contribution in [2.45, 2.75) is 19.3 Å². The van der Waals surface area contributed by atoms with Crippen molar-refractivity contribution in [2.75, 3.05) is 18.6 Å². The van der Waals surface area contributed by atoms with Crippen molar-refractivity contribution in [3.8, 4) is 0 Å². The molecule has 1 fully saturated rings. The maximum atomic E-state index is 13.5. The Morgan fingerprint density at radius 3 is 2.62 bits per heavy atom. The van der Waals surface area contributed by atoms with E-state index in [9.17, 15) is 18.4 Å². The van der Waals surface area contributed by atoms with Crippen LogP contribution in [-0.4, -0.2) is 30.4 Å². The number of rotatable bonds is 7. The van der Waals surface area contributed by atoms with Crippen LogP contribution < -0.4 is 0 Å². The number of hydrogen-bond donors (Lipinski definition) is 0. The predicted molar refractivity (Wildman–Crippen MR) is 76.3 cm³/mol. The van der Waals surface area contributed by atoms with Gasteiger partial charge in [0.05, 0.1) is 24.8 Å². The summed E-state index contributed by atoms with van der Waals surface area (Å²) >= 11 is 1.37. The smallest absolute Gasteiger partial charge is 0.306 e. The molecule has 0 amide bonds. The Hall–Kier alpha value is -1.43. The van der Waals surface area contributed by atoms with Gasteiger partial charge in [0.1, 0.15) is 11.6 Å². The molecule has 6 heteroatoms. The maximum Gasteiger partial charge on any atom is 0.306 e. The van der Waals surface area contributed by atoms with Crippen LogP contribution in [0.4, 0.5) is 8.78 Å². The number of hydrogen-bond acceptors (Lipinski definition) is 4. The molecular weight excluding hydrogens is 298 g/mol. The number of esters is 1. The van der Waals surface area contributed by atoms with E-state index in [2.05, 4.69) is 4.74 Å². The fourth-order valence-electron chi connectivity index (χ4n) is 2.08. The fourth-order valence-corrected chi connectivity index (χ4v) is 3.35. The van der Waals surface area contributed by atoms with E-state index in [0.717, 1.165) is 25.0 Å². The summed E-state index contributed by atoms with van der Waals surface area (Å²) in [5.41, 5.74) is -0.166. The van der Waals surface area contributed by atoms with Gasteiger partial charge >= 0.3 is 5.97 Å². The summed E-state index contributed by atoms with van der Waals surface area (Å²) in [6.45, 7) is 0. The Morgan fingerprint density at radius 2 is 2.05 bits per heavy atom. The highest BCUT2D eigenvalue weighted by Crippen LogP contribution is 2.51. The molecule has 0 atom stereocenters. The van der Waals surface area contributed by atoms with Crippen LogP contribution in [0.15, 0.2) is 18.2 Å². The SMILES string of the molecule is COC(=O)CC1(CSCC(=O)c2ccc(F)cc2F)CC1. The molecule has 0 bridgehead atoms. The van der Waals surface area contributed by atoms with Crippen molar-refractivity contribution in [1.82, 2.24) is 0 Å². The minimum Gasteiger partial charge on any atom is -0.469 e. The van der Waals surface area contributed by atoms with Gasteiger partial charge in [0.2, 0.25) is 0 Å². The monoisotopic (exact) mass is 314 g/mol. The predicted octanol–water partition coefficient (Wildman–Crippen LogP) is 3.22. The molecule has 2 rings (SSSR count). The first kappa shape index (κ1) is 15.9. The van der Waals surface area contributed by atoms with Gasteiger partial charge in [0, 0.05) is 6.07 Å². The molecule has 0 aromatic heterocycles. The molecule has 0 N–H and O–H groups in total. The van der Waals surface area contributed by atoms with E-state index in [-0.39, 0.29) is 28.5 Å². The molecule has 0 unspecified atom stereocenters. The summed E-state index contributed by atoms with van der Waals surface area (Å²) in [5.74, 6) is -1.37. The number of methoxy groups -OCH3 is 1. The molecule has 0 radical (unpaired) electrons. The fraction of sp³-hybridized carbons (Fsp3) is 0.467. The van der Waals surface area contributed by atoms with Gasteiger partial charge in [-0.25, -0.2) is 8.78 Å². The molecule has 114 valence electrons. The number of Topliss-reactive ketones (excluding diaryl/α,β-unsaturated/α-hetero) is 1. The maximum absolute atomic E-state index is 13.5. The summed E-state index contributed by atoms with van der Waals surface area (Å²) in [6.07, 6.45) is 2.23. The van der Waals surface area contributed by atoms with Gasteiger partial charge in [0.25, 0.3) is 0 Å². The lowest BCUT2D eigenvalue weighted by atomic mass is 10.1. The van der Waals surface area contributed by atoms with Gasteiger partial charge < -0.3 is 4.74 Å². The summed E-state index contributed by atoms with van der Waals surface area (Å²) < 4.78 is 30.9. The van der Waals surface area contributed by atoms with E-state index in [0.29, 0.717) is 18.2 Å². The molecule has 1 aliphatic rings. The third-order valence-electron chi connectivity index (χ3n) is 3.58. The van der Waals surface area contributed by atoms with E-state index in [1.807, 2.05) is 0 Å². The second-order valence-corrected chi connectivity index (χ2v) is 6.28. The number of carbonyl (C=O) groups is 2. The van der Waals surface area contributed by atoms with Crippen LogP contribution >= 0.6 is 11.8 Å². The van der Waals surface area contributed by atoms with Crippen molar-refractivity contribution < 1.29 is 23.1 Å². The van der Waals surface area contributed by atoms with Crippen molar-refractivity contribution >= 4 is 23.5 Å². The Kier molecular flexibility index (Phi) is 4.98. The van der Waals surface area contributed by atoms with Crippen LogP contribution in [0, 0.1) is 17.0 Å². The van der Waals surface area contributed by atoms with Gasteiger partial charge in [-0.3, -0.25) is 9.59 Å². The average molecular weight is 314 g/mol. The molecule has 1 aromatic carbocycles. The first-order valence-electron chi connectivity index (χ1n) is 6.59. The summed E-state index contributed by atoms with van der Waals surface area (Å²) in [4.78, 5) is 23.2. The summed E-state index contributed by atoms with van der Waals surface area (Å²) in [7, 11) is 1.35. The third-order valence-corrected chi connectivity index (χ3v) is 4.86. The van der Waals surface area contributed by atoms with E-state index < -0.39 is 11.6 Å². The Labute approximate surface area is 126 Å². The highest BCUT2D eigenvalue weighted by Gasteiger charge is 2.44. The van der Waals surface area contributed by atoms with Gasteiger partial charge in [-0.1, -0.05) is 0 Å². The van der Waals surface area contributed by atoms with Gasteiger partial charge in [0.15, 0.2) is 5.78 Å². The molecule has 1 aromatic rings. The zero-order chi connectivity index (χ0) is 15.5.